The van der Waals surface area contributed by atoms with E-state index in [1.807, 2.05) is 0 Å². The number of benzene rings is 1. The molecule has 2 aromatic heterocycles. The van der Waals surface area contributed by atoms with E-state index >= 15 is 0 Å². The van der Waals surface area contributed by atoms with Gasteiger partial charge in [0.05, 0.1) is 24.6 Å². The lowest BCUT2D eigenvalue weighted by Crippen LogP contribution is -2.02. The summed E-state index contributed by atoms with van der Waals surface area (Å²) in [6, 6.07) is 9.48. The average Bonchev–Trinajstić information content (AvgIpc) is 2.95. The van der Waals surface area contributed by atoms with E-state index in [1.54, 1.807) is 35.1 Å². The van der Waals surface area contributed by atoms with Crippen LogP contribution in [-0.2, 0) is 13.2 Å². The van der Waals surface area contributed by atoms with Crippen molar-refractivity contribution in [2.45, 2.75) is 13.2 Å². The van der Waals surface area contributed by atoms with Gasteiger partial charge < -0.3 is 9.84 Å². The fourth-order valence-electron chi connectivity index (χ4n) is 1.88. The Labute approximate surface area is 125 Å². The summed E-state index contributed by atoms with van der Waals surface area (Å²) >= 11 is 0. The van der Waals surface area contributed by atoms with Crippen LogP contribution in [0.4, 0.5) is 4.39 Å². The Kier molecular flexibility index (Phi) is 3.95. The lowest BCUT2D eigenvalue weighted by Gasteiger charge is -2.03. The van der Waals surface area contributed by atoms with Crippen LogP contribution >= 0.6 is 0 Å². The van der Waals surface area contributed by atoms with Gasteiger partial charge in [-0.15, -0.1) is 5.10 Å². The molecule has 1 N–H and O–H groups in total. The van der Waals surface area contributed by atoms with Gasteiger partial charge in [-0.2, -0.15) is 0 Å². The zero-order valence-corrected chi connectivity index (χ0v) is 11.6. The molecule has 112 valence electrons. The summed E-state index contributed by atoms with van der Waals surface area (Å²) in [4.78, 5) is 3.96. The fourth-order valence-corrected chi connectivity index (χ4v) is 1.88. The van der Waals surface area contributed by atoms with Crippen LogP contribution in [-0.4, -0.2) is 25.1 Å². The Hall–Kier alpha value is -2.96. The summed E-state index contributed by atoms with van der Waals surface area (Å²) in [7, 11) is 0. The Morgan fingerprint density at radius 2 is 2.09 bits per heavy atom. The second-order valence-corrected chi connectivity index (χ2v) is 4.66. The summed E-state index contributed by atoms with van der Waals surface area (Å²) in [6.07, 6.45) is 2.89. The maximum Gasteiger partial charge on any atom is 0.141 e. The maximum atomic E-state index is 12.8. The number of halogens is 1. The highest BCUT2D eigenvalue weighted by molar-refractivity contribution is 5.31. The quantitative estimate of drug-likeness (QED) is 0.781. The normalized spacial score (nSPS) is 10.6. The molecular weight excluding hydrogens is 287 g/mol. The van der Waals surface area contributed by atoms with Gasteiger partial charge in [-0.1, -0.05) is 11.3 Å². The highest BCUT2D eigenvalue weighted by Gasteiger charge is 2.04. The number of nitrogens with zero attached hydrogens (tertiary/aromatic N) is 4. The van der Waals surface area contributed by atoms with Gasteiger partial charge in [0.25, 0.3) is 0 Å². The Morgan fingerprint density at radius 3 is 2.86 bits per heavy atom. The molecule has 0 aliphatic carbocycles. The smallest absolute Gasteiger partial charge is 0.141 e. The molecule has 2 heterocycles. The maximum absolute atomic E-state index is 12.8. The number of phenolic OH excluding ortho intramolecular Hbond substituents is 1. The largest absolute Gasteiger partial charge is 0.508 e. The molecule has 0 aliphatic heterocycles. The van der Waals surface area contributed by atoms with Crippen molar-refractivity contribution >= 4 is 0 Å². The molecule has 0 unspecified atom stereocenters. The lowest BCUT2D eigenvalue weighted by molar-refractivity contribution is 0.299. The van der Waals surface area contributed by atoms with E-state index in [-0.39, 0.29) is 18.2 Å². The van der Waals surface area contributed by atoms with Crippen LogP contribution in [0.3, 0.4) is 0 Å². The van der Waals surface area contributed by atoms with Crippen molar-refractivity contribution in [3.05, 3.63) is 66.0 Å². The number of aromatic hydroxyl groups is 1. The molecule has 0 radical (unpaired) electrons. The minimum Gasteiger partial charge on any atom is -0.508 e. The predicted octanol–water partition coefficient (Wildman–Crippen LogP) is 2.15. The van der Waals surface area contributed by atoms with E-state index < -0.39 is 0 Å². The SMILES string of the molecule is Oc1cccc(OCc2cn(Cc3ccc(F)cn3)nn2)c1. The molecule has 1 aromatic carbocycles. The second kappa shape index (κ2) is 6.21. The van der Waals surface area contributed by atoms with Crippen molar-refractivity contribution < 1.29 is 14.2 Å². The zero-order valence-electron chi connectivity index (χ0n) is 11.6. The number of aromatic nitrogens is 4. The third-order valence-electron chi connectivity index (χ3n) is 2.90. The second-order valence-electron chi connectivity index (χ2n) is 4.66. The van der Waals surface area contributed by atoms with Gasteiger partial charge in [0.2, 0.25) is 0 Å². The molecule has 0 saturated heterocycles. The number of hydrogen-bond donors (Lipinski definition) is 1. The van der Waals surface area contributed by atoms with E-state index in [4.69, 9.17) is 4.74 Å². The van der Waals surface area contributed by atoms with Gasteiger partial charge in [0.15, 0.2) is 0 Å². The number of phenols is 1. The topological polar surface area (TPSA) is 73.1 Å². The van der Waals surface area contributed by atoms with Gasteiger partial charge in [-0.05, 0) is 24.3 Å². The van der Waals surface area contributed by atoms with Crippen molar-refractivity contribution in [2.75, 3.05) is 0 Å². The molecule has 0 spiro atoms. The molecule has 0 atom stereocenters. The van der Waals surface area contributed by atoms with Crippen molar-refractivity contribution in [1.29, 1.82) is 0 Å². The molecule has 0 bridgehead atoms. The van der Waals surface area contributed by atoms with Gasteiger partial charge in [-0.3, -0.25) is 4.98 Å². The molecule has 0 aliphatic rings. The highest BCUT2D eigenvalue weighted by atomic mass is 19.1. The van der Waals surface area contributed by atoms with Crippen LogP contribution in [0.25, 0.3) is 0 Å². The molecule has 0 amide bonds. The molecule has 3 aromatic rings. The van der Waals surface area contributed by atoms with Gasteiger partial charge in [-0.25, -0.2) is 9.07 Å². The molecule has 22 heavy (non-hydrogen) atoms. The minimum absolute atomic E-state index is 0.142. The Morgan fingerprint density at radius 1 is 1.18 bits per heavy atom. The van der Waals surface area contributed by atoms with Crippen LogP contribution in [0.15, 0.2) is 48.8 Å². The van der Waals surface area contributed by atoms with E-state index in [0.717, 1.165) is 6.20 Å². The molecule has 3 rings (SSSR count). The molecule has 0 fully saturated rings. The molecule has 6 nitrogen and oxygen atoms in total. The minimum atomic E-state index is -0.373. The van der Waals surface area contributed by atoms with Crippen molar-refractivity contribution in [2.24, 2.45) is 0 Å². The van der Waals surface area contributed by atoms with Crippen LogP contribution in [0.1, 0.15) is 11.4 Å². The fraction of sp³-hybridized carbons (Fsp3) is 0.133. The van der Waals surface area contributed by atoms with Gasteiger partial charge in [0.1, 0.15) is 29.6 Å². The van der Waals surface area contributed by atoms with Crippen LogP contribution < -0.4 is 4.74 Å². The first-order valence-corrected chi connectivity index (χ1v) is 6.60. The third-order valence-corrected chi connectivity index (χ3v) is 2.90. The van der Waals surface area contributed by atoms with Crippen LogP contribution in [0, 0.1) is 5.82 Å². The number of ether oxygens (including phenoxy) is 1. The summed E-state index contributed by atoms with van der Waals surface area (Å²) < 4.78 is 19.9. The Bertz CT molecular complexity index is 758. The molecular formula is C15H13FN4O2. The van der Waals surface area contributed by atoms with Crippen LogP contribution in [0.5, 0.6) is 11.5 Å². The molecule has 7 heteroatoms. The third kappa shape index (κ3) is 3.57. The average molecular weight is 300 g/mol. The molecule has 0 saturated carbocycles. The van der Waals surface area contributed by atoms with E-state index in [2.05, 4.69) is 15.3 Å². The van der Waals surface area contributed by atoms with E-state index in [1.165, 1.54) is 12.1 Å². The summed E-state index contributed by atoms with van der Waals surface area (Å²) in [6.45, 7) is 0.639. The standard InChI is InChI=1S/C15H13FN4O2/c16-11-4-5-12(17-7-11)8-20-9-13(18-19-20)10-22-15-3-1-2-14(21)6-15/h1-7,9,21H,8,10H2. The van der Waals surface area contributed by atoms with E-state index in [9.17, 15) is 9.50 Å². The van der Waals surface area contributed by atoms with Crippen molar-refractivity contribution in [3.63, 3.8) is 0 Å². The predicted molar refractivity (Wildman–Crippen MR) is 75.8 cm³/mol. The lowest BCUT2D eigenvalue weighted by atomic mass is 10.3. The van der Waals surface area contributed by atoms with Crippen LogP contribution in [0.2, 0.25) is 0 Å². The number of hydrogen-bond acceptors (Lipinski definition) is 5. The first-order chi connectivity index (χ1) is 10.7. The zero-order chi connectivity index (χ0) is 15.4. The Balaban J connectivity index is 1.60. The number of rotatable bonds is 5. The number of pyridine rings is 1. The monoisotopic (exact) mass is 300 g/mol. The highest BCUT2D eigenvalue weighted by Crippen LogP contribution is 2.18. The first-order valence-electron chi connectivity index (χ1n) is 6.60. The van der Waals surface area contributed by atoms with Gasteiger partial charge >= 0.3 is 0 Å². The van der Waals surface area contributed by atoms with Crippen molar-refractivity contribution in [1.82, 2.24) is 20.0 Å². The summed E-state index contributed by atoms with van der Waals surface area (Å²) in [5.74, 6) is 0.320. The van der Waals surface area contributed by atoms with Gasteiger partial charge in [0, 0.05) is 6.07 Å². The summed E-state index contributed by atoms with van der Waals surface area (Å²) in [5, 5.41) is 17.3. The summed E-state index contributed by atoms with van der Waals surface area (Å²) in [5.41, 5.74) is 1.33. The first kappa shape index (κ1) is 14.0. The van der Waals surface area contributed by atoms with Crippen molar-refractivity contribution in [3.8, 4) is 11.5 Å². The van der Waals surface area contributed by atoms with E-state index in [0.29, 0.717) is 23.7 Å².